The van der Waals surface area contributed by atoms with Crippen LogP contribution in [-0.2, 0) is 4.74 Å². The highest BCUT2D eigenvalue weighted by molar-refractivity contribution is 4.58. The maximum absolute atomic E-state index is 5.41. The monoisotopic (exact) mass is 215 g/mol. The molecular weight excluding hydrogens is 186 g/mol. The second kappa shape index (κ2) is 12.0. The van der Waals surface area contributed by atoms with Gasteiger partial charge >= 0.3 is 0 Å². The van der Waals surface area contributed by atoms with Crippen molar-refractivity contribution in [2.24, 2.45) is 0 Å². The predicted octanol–water partition coefficient (Wildman–Crippen LogP) is 3.36. The minimum absolute atomic E-state index is 0.479. The Morgan fingerprint density at radius 2 is 1.67 bits per heavy atom. The number of hydrogen-bond acceptors (Lipinski definition) is 2. The fraction of sp³-hybridized carbons (Fsp3) is 1.00. The van der Waals surface area contributed by atoms with Crippen molar-refractivity contribution < 1.29 is 4.74 Å². The van der Waals surface area contributed by atoms with Crippen LogP contribution >= 0.6 is 0 Å². The molecule has 2 heteroatoms. The third kappa shape index (κ3) is 10.2. The van der Waals surface area contributed by atoms with Gasteiger partial charge in [-0.3, -0.25) is 0 Å². The Kier molecular flexibility index (Phi) is 11.9. The average Bonchev–Trinajstić information content (AvgIpc) is 2.26. The molecule has 0 aliphatic carbocycles. The molecule has 0 aromatic heterocycles. The van der Waals surface area contributed by atoms with Crippen LogP contribution < -0.4 is 5.32 Å². The third-order valence-corrected chi connectivity index (χ3v) is 2.78. The van der Waals surface area contributed by atoms with Gasteiger partial charge in [0.1, 0.15) is 0 Å². The smallest absolute Gasteiger partial charge is 0.0571 e. The van der Waals surface area contributed by atoms with E-state index in [1.54, 1.807) is 0 Å². The molecule has 0 aliphatic rings. The van der Waals surface area contributed by atoms with E-state index < -0.39 is 0 Å². The van der Waals surface area contributed by atoms with E-state index in [0.29, 0.717) is 6.10 Å². The summed E-state index contributed by atoms with van der Waals surface area (Å²) < 4.78 is 5.41. The lowest BCUT2D eigenvalue weighted by Gasteiger charge is -2.14. The van der Waals surface area contributed by atoms with E-state index in [1.807, 2.05) is 7.11 Å². The van der Waals surface area contributed by atoms with E-state index in [1.165, 1.54) is 51.5 Å². The Morgan fingerprint density at radius 1 is 0.933 bits per heavy atom. The Morgan fingerprint density at radius 3 is 2.27 bits per heavy atom. The molecule has 92 valence electrons. The van der Waals surface area contributed by atoms with E-state index in [-0.39, 0.29) is 0 Å². The van der Waals surface area contributed by atoms with Crippen LogP contribution in [0.15, 0.2) is 0 Å². The molecule has 0 unspecified atom stereocenters. The van der Waals surface area contributed by atoms with Gasteiger partial charge in [0, 0.05) is 7.11 Å². The lowest BCUT2D eigenvalue weighted by molar-refractivity contribution is 0.0856. The summed E-state index contributed by atoms with van der Waals surface area (Å²) in [5.41, 5.74) is 0. The number of rotatable bonds is 11. The summed E-state index contributed by atoms with van der Waals surface area (Å²) >= 11 is 0. The molecule has 0 amide bonds. The van der Waals surface area contributed by atoms with Crippen molar-refractivity contribution in [2.75, 3.05) is 20.2 Å². The molecule has 0 aromatic rings. The topological polar surface area (TPSA) is 21.3 Å². The van der Waals surface area contributed by atoms with Crippen LogP contribution in [0.25, 0.3) is 0 Å². The number of nitrogens with one attached hydrogen (secondary N) is 1. The molecule has 0 fully saturated rings. The van der Waals surface area contributed by atoms with Gasteiger partial charge in [-0.05, 0) is 38.8 Å². The zero-order valence-electron chi connectivity index (χ0n) is 10.8. The number of methoxy groups -OCH3 is 1. The van der Waals surface area contributed by atoms with Gasteiger partial charge in [0.05, 0.1) is 6.10 Å². The zero-order valence-corrected chi connectivity index (χ0v) is 10.8. The van der Waals surface area contributed by atoms with Crippen molar-refractivity contribution in [1.82, 2.24) is 5.32 Å². The molecule has 0 aliphatic heterocycles. The molecule has 1 atom stereocenters. The van der Waals surface area contributed by atoms with Crippen molar-refractivity contribution >= 4 is 0 Å². The first-order valence-corrected chi connectivity index (χ1v) is 6.58. The fourth-order valence-electron chi connectivity index (χ4n) is 1.78. The second-order valence-electron chi connectivity index (χ2n) is 4.25. The molecule has 2 nitrogen and oxygen atoms in total. The van der Waals surface area contributed by atoms with Crippen molar-refractivity contribution in [3.05, 3.63) is 0 Å². The van der Waals surface area contributed by atoms with Gasteiger partial charge in [0.25, 0.3) is 0 Å². The molecule has 0 saturated carbocycles. The van der Waals surface area contributed by atoms with Crippen molar-refractivity contribution in [2.45, 2.75) is 64.9 Å². The van der Waals surface area contributed by atoms with Gasteiger partial charge in [-0.15, -0.1) is 0 Å². The normalized spacial score (nSPS) is 13.0. The highest BCUT2D eigenvalue weighted by atomic mass is 16.5. The van der Waals surface area contributed by atoms with Crippen LogP contribution in [0, 0.1) is 0 Å². The lowest BCUT2D eigenvalue weighted by Crippen LogP contribution is -2.19. The average molecular weight is 215 g/mol. The maximum atomic E-state index is 5.41. The van der Waals surface area contributed by atoms with E-state index in [9.17, 15) is 0 Å². The van der Waals surface area contributed by atoms with E-state index in [0.717, 1.165) is 6.54 Å². The summed E-state index contributed by atoms with van der Waals surface area (Å²) in [6.07, 6.45) is 9.32. The van der Waals surface area contributed by atoms with Crippen LogP contribution in [0.1, 0.15) is 58.8 Å². The zero-order chi connectivity index (χ0) is 11.4. The number of ether oxygens (including phenoxy) is 1. The van der Waals surface area contributed by atoms with Crippen LogP contribution in [0.2, 0.25) is 0 Å². The fourth-order valence-corrected chi connectivity index (χ4v) is 1.78. The highest BCUT2D eigenvalue weighted by Crippen LogP contribution is 2.07. The summed E-state index contributed by atoms with van der Waals surface area (Å²) in [6.45, 7) is 6.79. The van der Waals surface area contributed by atoms with Crippen molar-refractivity contribution in [3.63, 3.8) is 0 Å². The molecular formula is C13H29NO. The third-order valence-electron chi connectivity index (χ3n) is 2.78. The Labute approximate surface area is 95.8 Å². The highest BCUT2D eigenvalue weighted by Gasteiger charge is 2.04. The van der Waals surface area contributed by atoms with Gasteiger partial charge in [-0.2, -0.15) is 0 Å². The molecule has 0 rings (SSSR count). The van der Waals surface area contributed by atoms with Crippen molar-refractivity contribution in [1.29, 1.82) is 0 Å². The largest absolute Gasteiger partial charge is 0.381 e. The second-order valence-corrected chi connectivity index (χ2v) is 4.25. The summed E-state index contributed by atoms with van der Waals surface area (Å²) in [4.78, 5) is 0. The molecule has 15 heavy (non-hydrogen) atoms. The molecule has 0 radical (unpaired) electrons. The van der Waals surface area contributed by atoms with Crippen LogP contribution in [-0.4, -0.2) is 26.3 Å². The summed E-state index contributed by atoms with van der Waals surface area (Å²) in [6, 6.07) is 0. The molecule has 0 heterocycles. The van der Waals surface area contributed by atoms with E-state index >= 15 is 0 Å². The molecule has 0 bridgehead atoms. The number of hydrogen-bond donors (Lipinski definition) is 1. The first-order valence-electron chi connectivity index (χ1n) is 6.58. The van der Waals surface area contributed by atoms with Crippen LogP contribution in [0.3, 0.4) is 0 Å². The Balaban J connectivity index is 3.14. The van der Waals surface area contributed by atoms with Crippen LogP contribution in [0.4, 0.5) is 0 Å². The minimum Gasteiger partial charge on any atom is -0.381 e. The molecule has 0 saturated heterocycles. The quantitative estimate of drug-likeness (QED) is 0.534. The summed E-state index contributed by atoms with van der Waals surface area (Å²) in [5, 5.41) is 3.49. The van der Waals surface area contributed by atoms with E-state index in [4.69, 9.17) is 4.74 Å². The lowest BCUT2D eigenvalue weighted by atomic mass is 10.1. The Bertz CT molecular complexity index is 117. The first kappa shape index (κ1) is 14.9. The SMILES string of the molecule is CCCCCNCCC[C@@H](CCC)OC. The van der Waals surface area contributed by atoms with E-state index in [2.05, 4.69) is 19.2 Å². The van der Waals surface area contributed by atoms with Gasteiger partial charge < -0.3 is 10.1 Å². The minimum atomic E-state index is 0.479. The van der Waals surface area contributed by atoms with Crippen LogP contribution in [0.5, 0.6) is 0 Å². The molecule has 0 aromatic carbocycles. The molecule has 0 spiro atoms. The van der Waals surface area contributed by atoms with Gasteiger partial charge in [0.2, 0.25) is 0 Å². The predicted molar refractivity (Wildman–Crippen MR) is 67.3 cm³/mol. The first-order chi connectivity index (χ1) is 7.35. The van der Waals surface area contributed by atoms with Gasteiger partial charge in [0.15, 0.2) is 0 Å². The Hall–Kier alpha value is -0.0800. The molecule has 1 N–H and O–H groups in total. The van der Waals surface area contributed by atoms with Gasteiger partial charge in [-0.1, -0.05) is 33.1 Å². The van der Waals surface area contributed by atoms with Gasteiger partial charge in [-0.25, -0.2) is 0 Å². The summed E-state index contributed by atoms with van der Waals surface area (Å²) in [5.74, 6) is 0. The summed E-state index contributed by atoms with van der Waals surface area (Å²) in [7, 11) is 1.83. The number of unbranched alkanes of at least 4 members (excludes halogenated alkanes) is 2. The van der Waals surface area contributed by atoms with Crippen molar-refractivity contribution in [3.8, 4) is 0 Å². The standard InChI is InChI=1S/C13H29NO/c1-4-6-7-11-14-12-8-10-13(15-3)9-5-2/h13-14H,4-12H2,1-3H3/t13-/m1/s1. The maximum Gasteiger partial charge on any atom is 0.0571 e.